The molecule has 0 spiro atoms. The number of furan rings is 1. The van der Waals surface area contributed by atoms with Crippen LogP contribution >= 0.6 is 0 Å². The average molecular weight is 179 g/mol. The smallest absolute Gasteiger partial charge is 0.0935 e. The molecule has 72 valence electrons. The number of hydrogen-bond acceptors (Lipinski definition) is 2. The minimum atomic E-state index is 0.0310. The van der Waals surface area contributed by atoms with Gasteiger partial charge in [0.1, 0.15) is 0 Å². The van der Waals surface area contributed by atoms with Gasteiger partial charge in [-0.05, 0) is 43.2 Å². The molecule has 0 bridgehead atoms. The van der Waals surface area contributed by atoms with Crippen LogP contribution in [-0.4, -0.2) is 5.54 Å². The Morgan fingerprint density at radius 2 is 2.54 bits per heavy atom. The lowest BCUT2D eigenvalue weighted by atomic mass is 9.91. The molecule has 13 heavy (non-hydrogen) atoms. The zero-order valence-electron chi connectivity index (χ0n) is 8.12. The quantitative estimate of drug-likeness (QED) is 0.756. The highest BCUT2D eigenvalue weighted by molar-refractivity contribution is 5.12. The Morgan fingerprint density at radius 3 is 3.08 bits per heavy atom. The standard InChI is InChI=1S/C11H17NO/c1-9-2-4-11(12,6-9)7-10-3-5-13-8-10/h3,5,8-9H,2,4,6-7,12H2,1H3. The molecule has 1 heterocycles. The van der Waals surface area contributed by atoms with Gasteiger partial charge in [0.2, 0.25) is 0 Å². The van der Waals surface area contributed by atoms with Crippen LogP contribution in [0, 0.1) is 5.92 Å². The first-order chi connectivity index (χ1) is 6.18. The zero-order valence-corrected chi connectivity index (χ0v) is 8.12. The van der Waals surface area contributed by atoms with Crippen LogP contribution in [0.5, 0.6) is 0 Å². The van der Waals surface area contributed by atoms with Crippen molar-refractivity contribution >= 4 is 0 Å². The molecule has 1 aliphatic carbocycles. The molecule has 0 saturated heterocycles. The third-order valence-electron chi connectivity index (χ3n) is 3.03. The van der Waals surface area contributed by atoms with Crippen molar-refractivity contribution in [2.75, 3.05) is 0 Å². The molecule has 1 fully saturated rings. The van der Waals surface area contributed by atoms with Gasteiger partial charge in [-0.15, -0.1) is 0 Å². The van der Waals surface area contributed by atoms with Crippen molar-refractivity contribution in [2.45, 2.75) is 38.1 Å². The summed E-state index contributed by atoms with van der Waals surface area (Å²) in [7, 11) is 0. The minimum absolute atomic E-state index is 0.0310. The van der Waals surface area contributed by atoms with E-state index in [1.807, 2.05) is 6.07 Å². The zero-order chi connectivity index (χ0) is 9.31. The summed E-state index contributed by atoms with van der Waals surface area (Å²) >= 11 is 0. The molecule has 2 rings (SSSR count). The lowest BCUT2D eigenvalue weighted by molar-refractivity contribution is 0.417. The van der Waals surface area contributed by atoms with Crippen LogP contribution in [0.4, 0.5) is 0 Å². The number of nitrogens with two attached hydrogens (primary N) is 1. The molecule has 2 heteroatoms. The fraction of sp³-hybridized carbons (Fsp3) is 0.636. The second kappa shape index (κ2) is 3.18. The first-order valence-electron chi connectivity index (χ1n) is 4.98. The van der Waals surface area contributed by atoms with Gasteiger partial charge < -0.3 is 10.2 Å². The van der Waals surface area contributed by atoms with E-state index in [1.165, 1.54) is 12.0 Å². The van der Waals surface area contributed by atoms with E-state index in [0.717, 1.165) is 25.2 Å². The van der Waals surface area contributed by atoms with Crippen LogP contribution in [0.3, 0.4) is 0 Å². The summed E-state index contributed by atoms with van der Waals surface area (Å²) in [5, 5.41) is 0. The maximum absolute atomic E-state index is 6.30. The van der Waals surface area contributed by atoms with Crippen LogP contribution < -0.4 is 5.73 Å². The minimum Gasteiger partial charge on any atom is -0.472 e. The van der Waals surface area contributed by atoms with Crippen LogP contribution in [0.25, 0.3) is 0 Å². The van der Waals surface area contributed by atoms with E-state index in [9.17, 15) is 0 Å². The molecule has 1 aromatic rings. The summed E-state index contributed by atoms with van der Waals surface area (Å²) < 4.78 is 5.04. The molecule has 2 unspecified atom stereocenters. The second-order valence-corrected chi connectivity index (χ2v) is 4.52. The van der Waals surface area contributed by atoms with Gasteiger partial charge in [-0.1, -0.05) is 6.92 Å². The van der Waals surface area contributed by atoms with E-state index >= 15 is 0 Å². The van der Waals surface area contributed by atoms with Gasteiger partial charge >= 0.3 is 0 Å². The molecule has 1 saturated carbocycles. The highest BCUT2D eigenvalue weighted by atomic mass is 16.3. The van der Waals surface area contributed by atoms with Gasteiger partial charge in [0.15, 0.2) is 0 Å². The van der Waals surface area contributed by atoms with Crippen molar-refractivity contribution in [1.82, 2.24) is 0 Å². The van der Waals surface area contributed by atoms with Crippen LogP contribution in [0.1, 0.15) is 31.7 Å². The number of rotatable bonds is 2. The topological polar surface area (TPSA) is 39.2 Å². The van der Waals surface area contributed by atoms with Crippen LogP contribution in [0.2, 0.25) is 0 Å². The van der Waals surface area contributed by atoms with E-state index in [4.69, 9.17) is 10.2 Å². The Balaban J connectivity index is 2.01. The van der Waals surface area contributed by atoms with Crippen molar-refractivity contribution in [3.63, 3.8) is 0 Å². The summed E-state index contributed by atoms with van der Waals surface area (Å²) in [6.45, 7) is 2.28. The molecule has 2 N–H and O–H groups in total. The summed E-state index contributed by atoms with van der Waals surface area (Å²) in [5.41, 5.74) is 7.56. The summed E-state index contributed by atoms with van der Waals surface area (Å²) in [6, 6.07) is 2.01. The van der Waals surface area contributed by atoms with E-state index in [0.29, 0.717) is 0 Å². The maximum atomic E-state index is 6.30. The molecule has 0 aromatic carbocycles. The highest BCUT2D eigenvalue weighted by Crippen LogP contribution is 2.34. The lowest BCUT2D eigenvalue weighted by Gasteiger charge is -2.22. The first kappa shape index (κ1) is 8.82. The van der Waals surface area contributed by atoms with Gasteiger partial charge in [-0.2, -0.15) is 0 Å². The normalized spacial score (nSPS) is 33.8. The predicted octanol–water partition coefficient (Wildman–Crippen LogP) is 2.34. The lowest BCUT2D eigenvalue weighted by Crippen LogP contribution is -2.39. The fourth-order valence-corrected chi connectivity index (χ4v) is 2.39. The molecule has 1 aliphatic rings. The van der Waals surface area contributed by atoms with E-state index in [2.05, 4.69) is 6.92 Å². The molecule has 0 radical (unpaired) electrons. The summed E-state index contributed by atoms with van der Waals surface area (Å²) in [6.07, 6.45) is 8.06. The largest absolute Gasteiger partial charge is 0.472 e. The van der Waals surface area contributed by atoms with E-state index in [1.54, 1.807) is 12.5 Å². The Hall–Kier alpha value is -0.760. The SMILES string of the molecule is CC1CCC(N)(Cc2ccoc2)C1. The van der Waals surface area contributed by atoms with E-state index < -0.39 is 0 Å². The summed E-state index contributed by atoms with van der Waals surface area (Å²) in [5.74, 6) is 0.789. The predicted molar refractivity (Wildman–Crippen MR) is 52.3 cm³/mol. The Kier molecular flexibility index (Phi) is 2.16. The molecule has 0 amide bonds. The summed E-state index contributed by atoms with van der Waals surface area (Å²) in [4.78, 5) is 0. The highest BCUT2D eigenvalue weighted by Gasteiger charge is 2.33. The van der Waals surface area contributed by atoms with Crippen molar-refractivity contribution in [3.05, 3.63) is 24.2 Å². The first-order valence-corrected chi connectivity index (χ1v) is 4.98. The van der Waals surface area contributed by atoms with Gasteiger partial charge in [-0.3, -0.25) is 0 Å². The van der Waals surface area contributed by atoms with Gasteiger partial charge in [0, 0.05) is 5.54 Å². The molecular formula is C11H17NO. The van der Waals surface area contributed by atoms with Crippen LogP contribution in [0.15, 0.2) is 23.0 Å². The Morgan fingerprint density at radius 1 is 1.69 bits per heavy atom. The Bertz CT molecular complexity index is 268. The molecular weight excluding hydrogens is 162 g/mol. The van der Waals surface area contributed by atoms with Crippen molar-refractivity contribution in [2.24, 2.45) is 11.7 Å². The van der Waals surface area contributed by atoms with Gasteiger partial charge in [0.25, 0.3) is 0 Å². The molecule has 1 aromatic heterocycles. The van der Waals surface area contributed by atoms with Gasteiger partial charge in [0.05, 0.1) is 12.5 Å². The van der Waals surface area contributed by atoms with Crippen LogP contribution in [-0.2, 0) is 6.42 Å². The molecule has 2 atom stereocenters. The molecule has 0 aliphatic heterocycles. The van der Waals surface area contributed by atoms with Gasteiger partial charge in [-0.25, -0.2) is 0 Å². The van der Waals surface area contributed by atoms with Crippen molar-refractivity contribution in [3.8, 4) is 0 Å². The average Bonchev–Trinajstić information content (AvgIpc) is 2.62. The Labute approximate surface area is 79.1 Å². The third-order valence-corrected chi connectivity index (χ3v) is 3.03. The number of hydrogen-bond donors (Lipinski definition) is 1. The third kappa shape index (κ3) is 1.94. The van der Waals surface area contributed by atoms with Crippen molar-refractivity contribution in [1.29, 1.82) is 0 Å². The molecule has 2 nitrogen and oxygen atoms in total. The fourth-order valence-electron chi connectivity index (χ4n) is 2.39. The second-order valence-electron chi connectivity index (χ2n) is 4.52. The monoisotopic (exact) mass is 179 g/mol. The van der Waals surface area contributed by atoms with E-state index in [-0.39, 0.29) is 5.54 Å². The van der Waals surface area contributed by atoms with Crippen molar-refractivity contribution < 1.29 is 4.42 Å². The maximum Gasteiger partial charge on any atom is 0.0935 e.